The van der Waals surface area contributed by atoms with Crippen LogP contribution in [0.25, 0.3) is 0 Å². The molecular formula is C31H51N6O5+. The number of nitroso groups, excluding NO2 is 1. The molecule has 234 valence electrons. The van der Waals surface area contributed by atoms with E-state index < -0.39 is 0 Å². The van der Waals surface area contributed by atoms with Crippen LogP contribution in [-0.2, 0) is 0 Å². The Morgan fingerprint density at radius 3 is 2.14 bits per heavy atom. The van der Waals surface area contributed by atoms with Crippen molar-refractivity contribution < 1.29 is 24.8 Å². The lowest BCUT2D eigenvalue weighted by atomic mass is 9.94. The summed E-state index contributed by atoms with van der Waals surface area (Å²) in [5.74, 6) is -0.305. The molecule has 0 radical (unpaired) electrons. The number of nitrogens with one attached hydrogen (secondary N) is 2. The smallest absolute Gasteiger partial charge is 0.338 e. The molecule has 2 aromatic carbocycles. The van der Waals surface area contributed by atoms with Crippen LogP contribution in [0.3, 0.4) is 0 Å². The highest BCUT2D eigenvalue weighted by Gasteiger charge is 2.24. The van der Waals surface area contributed by atoms with Gasteiger partial charge in [-0.1, -0.05) is 39.0 Å². The standard InChI is InChI=1S/C28H37N5O3.CH5N.2CH4O/c1-4-5-9-18-32(2)26-17-14-22(28(35)33(3)24-10-7-6-8-11-24)19-25(26)29-20-30-27(34)21-12-15-23(31-36)16-13-21;3*1-2/h12-17,19-20,24H,4-11,18H2,1-3H3,(H,29,30,34);2H2,1H3;2*2H,1H3/p+1. The molecule has 0 atom stereocenters. The van der Waals surface area contributed by atoms with Crippen LogP contribution in [0.15, 0.2) is 47.6 Å². The van der Waals surface area contributed by atoms with E-state index in [1.165, 1.54) is 44.8 Å². The minimum Gasteiger partial charge on any atom is -0.400 e. The van der Waals surface area contributed by atoms with Crippen molar-refractivity contribution >= 4 is 35.2 Å². The van der Waals surface area contributed by atoms with Crippen LogP contribution in [0, 0.1) is 4.91 Å². The van der Waals surface area contributed by atoms with Gasteiger partial charge in [0.25, 0.3) is 5.91 Å². The second-order valence-electron chi connectivity index (χ2n) is 9.47. The number of aliphatic hydroxyl groups is 2. The van der Waals surface area contributed by atoms with Gasteiger partial charge in [0.1, 0.15) is 11.4 Å². The first-order chi connectivity index (χ1) is 20.4. The van der Waals surface area contributed by atoms with Gasteiger partial charge in [-0.25, -0.2) is 15.1 Å². The zero-order valence-electron chi connectivity index (χ0n) is 26.1. The van der Waals surface area contributed by atoms with E-state index in [0.29, 0.717) is 11.1 Å². The number of rotatable bonds is 11. The Kier molecular flexibility index (Phi) is 20.9. The number of amides is 2. The van der Waals surface area contributed by atoms with E-state index in [-0.39, 0.29) is 23.5 Å². The maximum atomic E-state index is 13.3. The highest BCUT2D eigenvalue weighted by atomic mass is 16.3. The molecule has 0 unspecified atom stereocenters. The third kappa shape index (κ3) is 12.5. The van der Waals surface area contributed by atoms with Gasteiger partial charge in [-0.15, -0.1) is 4.91 Å². The number of benzene rings is 2. The fourth-order valence-electron chi connectivity index (χ4n) is 4.61. The normalized spacial score (nSPS) is 12.4. The Morgan fingerprint density at radius 1 is 0.976 bits per heavy atom. The first kappa shape index (κ1) is 38.3. The maximum Gasteiger partial charge on any atom is 0.338 e. The Labute approximate surface area is 250 Å². The monoisotopic (exact) mass is 587 g/mol. The van der Waals surface area contributed by atoms with Gasteiger partial charge in [0.2, 0.25) is 6.34 Å². The van der Waals surface area contributed by atoms with Gasteiger partial charge in [0, 0.05) is 46.5 Å². The zero-order valence-corrected chi connectivity index (χ0v) is 26.1. The van der Waals surface area contributed by atoms with E-state index in [1.807, 2.05) is 37.2 Å². The van der Waals surface area contributed by atoms with Crippen molar-refractivity contribution in [3.05, 3.63) is 58.5 Å². The van der Waals surface area contributed by atoms with Crippen LogP contribution in [0.1, 0.15) is 79.0 Å². The van der Waals surface area contributed by atoms with Gasteiger partial charge >= 0.3 is 5.91 Å². The van der Waals surface area contributed by atoms with Crippen molar-refractivity contribution in [2.75, 3.05) is 46.8 Å². The number of unbranched alkanes of at least 4 members (excludes halogenated alkanes) is 2. The third-order valence-electron chi connectivity index (χ3n) is 6.86. The molecule has 11 nitrogen and oxygen atoms in total. The molecule has 1 saturated carbocycles. The van der Waals surface area contributed by atoms with E-state index in [2.05, 4.69) is 33.0 Å². The molecule has 42 heavy (non-hydrogen) atoms. The first-order valence-corrected chi connectivity index (χ1v) is 14.4. The molecule has 3 rings (SSSR count). The lowest BCUT2D eigenvalue weighted by Gasteiger charge is -2.31. The topological polar surface area (TPSA) is 163 Å². The number of hydrogen-bond donors (Lipinski definition) is 5. The minimum absolute atomic E-state index is 0.0121. The van der Waals surface area contributed by atoms with Gasteiger partial charge in [0.05, 0.1) is 11.3 Å². The largest absolute Gasteiger partial charge is 0.400 e. The van der Waals surface area contributed by atoms with E-state index >= 15 is 0 Å². The summed E-state index contributed by atoms with van der Waals surface area (Å²) >= 11 is 0. The highest BCUT2D eigenvalue weighted by molar-refractivity contribution is 6.00. The SMILES string of the molecule is CCCCCN(C)c1ccc(C(=O)N(C)C2CCCCC2)cc1[NH+]=CNC(=O)c1ccc(N=O)cc1.CN.CO.CO. The number of hydrogen-bond acceptors (Lipinski definition) is 8. The summed E-state index contributed by atoms with van der Waals surface area (Å²) in [4.78, 5) is 43.6. The summed E-state index contributed by atoms with van der Waals surface area (Å²) in [6, 6.07) is 12.1. The molecule has 1 aliphatic rings. The quantitative estimate of drug-likeness (QED) is 0.117. The molecule has 6 N–H and O–H groups in total. The van der Waals surface area contributed by atoms with E-state index in [1.54, 1.807) is 12.1 Å². The lowest BCUT2D eigenvalue weighted by molar-refractivity contribution is -0.348. The van der Waals surface area contributed by atoms with Crippen molar-refractivity contribution in [3.63, 3.8) is 0 Å². The first-order valence-electron chi connectivity index (χ1n) is 14.4. The van der Waals surface area contributed by atoms with Crippen LogP contribution >= 0.6 is 0 Å². The number of nitrogens with two attached hydrogens (primary N) is 1. The number of carbonyl (C=O) groups is 2. The second kappa shape index (κ2) is 23.0. The van der Waals surface area contributed by atoms with Gasteiger partial charge in [-0.05, 0) is 74.0 Å². The zero-order chi connectivity index (χ0) is 31.9. The fourth-order valence-corrected chi connectivity index (χ4v) is 4.61. The Balaban J connectivity index is 0.00000263. The molecule has 0 aromatic heterocycles. The Morgan fingerprint density at radius 2 is 1.57 bits per heavy atom. The van der Waals surface area contributed by atoms with Crippen molar-refractivity contribution in [3.8, 4) is 0 Å². The van der Waals surface area contributed by atoms with Crippen LogP contribution in [0.5, 0.6) is 0 Å². The lowest BCUT2D eigenvalue weighted by Crippen LogP contribution is -2.65. The molecule has 2 aromatic rings. The third-order valence-corrected chi connectivity index (χ3v) is 6.86. The molecule has 0 heterocycles. The molecule has 0 aliphatic heterocycles. The van der Waals surface area contributed by atoms with Crippen LogP contribution in [0.4, 0.5) is 17.1 Å². The van der Waals surface area contributed by atoms with E-state index in [4.69, 9.17) is 10.2 Å². The highest BCUT2D eigenvalue weighted by Crippen LogP contribution is 2.26. The second-order valence-corrected chi connectivity index (χ2v) is 9.47. The van der Waals surface area contributed by atoms with Crippen LogP contribution in [0.2, 0.25) is 0 Å². The van der Waals surface area contributed by atoms with Crippen LogP contribution in [-0.4, -0.2) is 81.2 Å². The molecule has 2 amide bonds. The predicted molar refractivity (Wildman–Crippen MR) is 171 cm³/mol. The van der Waals surface area contributed by atoms with Gasteiger partial charge in [-0.3, -0.25) is 4.79 Å². The Bertz CT molecular complexity index is 1070. The summed E-state index contributed by atoms with van der Waals surface area (Å²) in [6.45, 7) is 3.07. The average Bonchev–Trinajstić information content (AvgIpc) is 3.07. The molecule has 11 heteroatoms. The van der Waals surface area contributed by atoms with Crippen molar-refractivity contribution in [1.29, 1.82) is 0 Å². The summed E-state index contributed by atoms with van der Waals surface area (Å²) in [6.07, 6.45) is 10.5. The van der Waals surface area contributed by atoms with Crippen molar-refractivity contribution in [1.82, 2.24) is 10.2 Å². The number of anilines is 1. The number of carbonyl (C=O) groups excluding carboxylic acids is 2. The van der Waals surface area contributed by atoms with E-state index in [0.717, 1.165) is 64.2 Å². The summed E-state index contributed by atoms with van der Waals surface area (Å²) in [5.41, 5.74) is 7.50. The summed E-state index contributed by atoms with van der Waals surface area (Å²) < 4.78 is 0. The van der Waals surface area contributed by atoms with Gasteiger partial charge in [0.15, 0.2) is 0 Å². The molecule has 0 spiro atoms. The van der Waals surface area contributed by atoms with Crippen molar-refractivity contribution in [2.24, 2.45) is 10.9 Å². The maximum absolute atomic E-state index is 13.3. The molecule has 0 bridgehead atoms. The predicted octanol–water partition coefficient (Wildman–Crippen LogP) is 3.08. The molecule has 1 aliphatic carbocycles. The summed E-state index contributed by atoms with van der Waals surface area (Å²) in [7, 11) is 7.43. The number of aliphatic hydroxyl groups excluding tert-OH is 2. The number of nitrogens with zero attached hydrogens (tertiary/aromatic N) is 3. The molecule has 0 saturated heterocycles. The molecular weight excluding hydrogens is 536 g/mol. The molecule has 1 fully saturated rings. The Hall–Kier alpha value is -3.67. The minimum atomic E-state index is -0.318. The fraction of sp³-hybridized carbons (Fsp3) is 0.516. The van der Waals surface area contributed by atoms with Gasteiger partial charge in [-0.2, -0.15) is 0 Å². The van der Waals surface area contributed by atoms with E-state index in [9.17, 15) is 14.5 Å². The van der Waals surface area contributed by atoms with Crippen molar-refractivity contribution in [2.45, 2.75) is 64.3 Å². The summed E-state index contributed by atoms with van der Waals surface area (Å²) in [5, 5.41) is 19.6. The van der Waals surface area contributed by atoms with Crippen LogP contribution < -0.4 is 20.9 Å². The average molecular weight is 588 g/mol. The van der Waals surface area contributed by atoms with Gasteiger partial charge < -0.3 is 25.7 Å².